The number of methoxy groups -OCH3 is 4. The van der Waals surface area contributed by atoms with Gasteiger partial charge >= 0.3 is 12.2 Å². The number of carbonyl (C=O) groups excluding carboxylic acids is 5. The summed E-state index contributed by atoms with van der Waals surface area (Å²) in [5.74, 6) is -0.509. The van der Waals surface area contributed by atoms with Gasteiger partial charge in [0, 0.05) is 39.5 Å². The largest absolute Gasteiger partial charge is 0.453 e. The van der Waals surface area contributed by atoms with Gasteiger partial charge in [0.25, 0.3) is 0 Å². The number of H-pyrrole nitrogens is 1. The lowest BCUT2D eigenvalue weighted by molar-refractivity contribution is -0.136. The number of rotatable bonds is 13. The predicted molar refractivity (Wildman–Crippen MR) is 189 cm³/mol. The van der Waals surface area contributed by atoms with Crippen LogP contribution >= 0.6 is 0 Å². The zero-order valence-electron chi connectivity index (χ0n) is 29.7. The third-order valence-electron chi connectivity index (χ3n) is 9.22. The van der Waals surface area contributed by atoms with E-state index in [4.69, 9.17) is 9.47 Å². The fourth-order valence-corrected chi connectivity index (χ4v) is 6.48. The van der Waals surface area contributed by atoms with E-state index in [9.17, 15) is 24.0 Å². The second kappa shape index (κ2) is 17.6. The van der Waals surface area contributed by atoms with E-state index in [0.717, 1.165) is 35.2 Å². The molecule has 0 aliphatic carbocycles. The van der Waals surface area contributed by atoms with Crippen LogP contribution in [0, 0.1) is 5.92 Å². The van der Waals surface area contributed by atoms with Gasteiger partial charge < -0.3 is 49.7 Å². The monoisotopic (exact) mass is 719 g/mol. The van der Waals surface area contributed by atoms with Crippen LogP contribution in [0.25, 0.3) is 22.4 Å². The van der Waals surface area contributed by atoms with E-state index in [0.29, 0.717) is 31.0 Å². The predicted octanol–water partition coefficient (Wildman–Crippen LogP) is 2.94. The number of carbonyl (C=O) groups is 5. The van der Waals surface area contributed by atoms with Gasteiger partial charge in [-0.3, -0.25) is 14.4 Å². The average molecular weight is 720 g/mol. The van der Waals surface area contributed by atoms with Gasteiger partial charge in [0.05, 0.1) is 51.3 Å². The molecule has 16 heteroatoms. The van der Waals surface area contributed by atoms with Crippen molar-refractivity contribution in [3.63, 3.8) is 0 Å². The number of nitrogens with zero attached hydrogens (tertiary/aromatic N) is 3. The average Bonchev–Trinajstić information content (AvgIpc) is 3.96. The summed E-state index contributed by atoms with van der Waals surface area (Å²) < 4.78 is 19.5. The molecule has 52 heavy (non-hydrogen) atoms. The number of aromatic nitrogens is 2. The van der Waals surface area contributed by atoms with Crippen LogP contribution in [0.2, 0.25) is 0 Å². The van der Waals surface area contributed by atoms with Crippen molar-refractivity contribution in [1.82, 2.24) is 30.4 Å². The standard InChI is InChI=1S/C36H45N7O9/c1-49-20-28(40-35(47)51-3)33(45)42-17-15-25(19-42)32(44)38-26-13-11-23(12-14-26)22-7-9-24(10-8-22)27-18-37-31(39-27)30-6-5-16-43(30)34(46)29(21-50-2)41-36(48)52-4/h7-14,18,25,28-30H,5-6,15-17,19-21H2,1-4H3,(H,37,39)(H,38,44)(H,40,47)(H,41,48)/t25-,28+,29-,30-/m0/s1. The Bertz CT molecular complexity index is 1710. The number of nitrogens with one attached hydrogen (secondary N) is 4. The van der Waals surface area contributed by atoms with Crippen molar-refractivity contribution >= 4 is 35.6 Å². The molecule has 278 valence electrons. The maximum absolute atomic E-state index is 13.3. The first-order valence-corrected chi connectivity index (χ1v) is 17.0. The Morgan fingerprint density at radius 3 is 1.96 bits per heavy atom. The minimum absolute atomic E-state index is 0.0145. The summed E-state index contributed by atoms with van der Waals surface area (Å²) in [5.41, 5.74) is 4.30. The fraction of sp³-hybridized carbons (Fsp3) is 0.444. The molecule has 1 aromatic heterocycles. The molecule has 2 saturated heterocycles. The minimum atomic E-state index is -0.906. The molecule has 2 aromatic carbocycles. The molecule has 0 saturated carbocycles. The molecule has 4 atom stereocenters. The van der Waals surface area contributed by atoms with E-state index in [1.54, 1.807) is 16.0 Å². The summed E-state index contributed by atoms with van der Waals surface area (Å²) in [6, 6.07) is 13.4. The van der Waals surface area contributed by atoms with Crippen molar-refractivity contribution in [2.24, 2.45) is 5.92 Å². The quantitative estimate of drug-likeness (QED) is 0.204. The first-order valence-electron chi connectivity index (χ1n) is 17.0. The number of amides is 5. The van der Waals surface area contributed by atoms with E-state index >= 15 is 0 Å². The first kappa shape index (κ1) is 37.8. The zero-order valence-corrected chi connectivity index (χ0v) is 29.7. The van der Waals surface area contributed by atoms with Gasteiger partial charge in [-0.15, -0.1) is 0 Å². The molecule has 0 radical (unpaired) electrons. The second-order valence-corrected chi connectivity index (χ2v) is 12.6. The summed E-state index contributed by atoms with van der Waals surface area (Å²) in [5, 5.41) is 7.98. The lowest BCUT2D eigenvalue weighted by Gasteiger charge is -2.27. The third kappa shape index (κ3) is 9.05. The number of hydrogen-bond donors (Lipinski definition) is 4. The summed E-state index contributed by atoms with van der Waals surface area (Å²) in [6.45, 7) is 1.16. The Hall–Kier alpha value is -5.48. The number of benzene rings is 2. The lowest BCUT2D eigenvalue weighted by Crippen LogP contribution is -2.50. The molecule has 3 heterocycles. The number of hydrogen-bond acceptors (Lipinski definition) is 10. The maximum Gasteiger partial charge on any atom is 0.407 e. The number of anilines is 1. The van der Waals surface area contributed by atoms with E-state index in [1.807, 2.05) is 48.5 Å². The highest BCUT2D eigenvalue weighted by Gasteiger charge is 2.37. The first-order chi connectivity index (χ1) is 25.1. The highest BCUT2D eigenvalue weighted by Crippen LogP contribution is 2.33. The second-order valence-electron chi connectivity index (χ2n) is 12.6. The van der Waals surface area contributed by atoms with Crippen molar-refractivity contribution in [2.45, 2.75) is 37.4 Å². The number of alkyl carbamates (subject to hydrolysis) is 2. The smallest absolute Gasteiger partial charge is 0.407 e. The van der Waals surface area contributed by atoms with Crippen LogP contribution in [0.5, 0.6) is 0 Å². The highest BCUT2D eigenvalue weighted by molar-refractivity contribution is 5.94. The van der Waals surface area contributed by atoms with E-state index in [1.165, 1.54) is 28.4 Å². The van der Waals surface area contributed by atoms with Crippen molar-refractivity contribution in [1.29, 1.82) is 0 Å². The van der Waals surface area contributed by atoms with Crippen molar-refractivity contribution < 1.29 is 42.9 Å². The number of likely N-dealkylation sites (tertiary alicyclic amines) is 2. The van der Waals surface area contributed by atoms with E-state index < -0.39 is 30.2 Å². The number of ether oxygens (including phenoxy) is 4. The van der Waals surface area contributed by atoms with Crippen LogP contribution in [0.1, 0.15) is 31.1 Å². The lowest BCUT2D eigenvalue weighted by atomic mass is 10.0. The molecular formula is C36H45N7O9. The Kier molecular flexibility index (Phi) is 12.8. The van der Waals surface area contributed by atoms with Gasteiger partial charge in [-0.2, -0.15) is 0 Å². The molecule has 2 aliphatic rings. The summed E-state index contributed by atoms with van der Waals surface area (Å²) in [6.07, 6.45) is 2.34. The third-order valence-corrected chi connectivity index (χ3v) is 9.22. The molecule has 16 nitrogen and oxygen atoms in total. The van der Waals surface area contributed by atoms with Gasteiger partial charge in [0.15, 0.2) is 0 Å². The fourth-order valence-electron chi connectivity index (χ4n) is 6.48. The van der Waals surface area contributed by atoms with Crippen LogP contribution in [0.3, 0.4) is 0 Å². The highest BCUT2D eigenvalue weighted by atomic mass is 16.5. The van der Waals surface area contributed by atoms with Crippen LogP contribution in [0.4, 0.5) is 15.3 Å². The van der Waals surface area contributed by atoms with E-state index in [2.05, 4.69) is 35.4 Å². The molecule has 0 spiro atoms. The van der Waals surface area contributed by atoms with Crippen LogP contribution in [-0.2, 0) is 33.3 Å². The number of aromatic amines is 1. The number of imidazole rings is 1. The van der Waals surface area contributed by atoms with Gasteiger partial charge in [0.2, 0.25) is 17.7 Å². The SMILES string of the molecule is COC[C@H](NC(=O)OC)C(=O)N1CCC[C@H]1c1ncc(-c2ccc(-c3ccc(NC(=O)[C@H]4CCN(C(=O)[C@@H](COC)NC(=O)OC)C4)cc3)cc2)[nH]1. The minimum Gasteiger partial charge on any atom is -0.453 e. The molecule has 5 rings (SSSR count). The van der Waals surface area contributed by atoms with Gasteiger partial charge in [-0.25, -0.2) is 14.6 Å². The molecule has 5 amide bonds. The Balaban J connectivity index is 1.16. The van der Waals surface area contributed by atoms with E-state index in [-0.39, 0.29) is 43.5 Å². The molecule has 4 N–H and O–H groups in total. The molecule has 3 aromatic rings. The van der Waals surface area contributed by atoms with Crippen LogP contribution in [0.15, 0.2) is 54.7 Å². The summed E-state index contributed by atoms with van der Waals surface area (Å²) >= 11 is 0. The maximum atomic E-state index is 13.3. The molecular weight excluding hydrogens is 674 g/mol. The van der Waals surface area contributed by atoms with Gasteiger partial charge in [-0.05, 0) is 48.1 Å². The Morgan fingerprint density at radius 1 is 0.788 bits per heavy atom. The van der Waals surface area contributed by atoms with Crippen LogP contribution in [-0.4, -0.2) is 123 Å². The topological polar surface area (TPSA) is 194 Å². The normalized spacial score (nSPS) is 18.0. The molecule has 0 unspecified atom stereocenters. The van der Waals surface area contributed by atoms with Crippen LogP contribution < -0.4 is 16.0 Å². The Labute approximate surface area is 301 Å². The zero-order chi connectivity index (χ0) is 37.2. The van der Waals surface area contributed by atoms with Crippen molar-refractivity contribution in [2.75, 3.05) is 66.6 Å². The molecule has 2 fully saturated rings. The van der Waals surface area contributed by atoms with Crippen molar-refractivity contribution in [3.8, 4) is 22.4 Å². The summed E-state index contributed by atoms with van der Waals surface area (Å²) in [7, 11) is 5.36. The van der Waals surface area contributed by atoms with Gasteiger partial charge in [0.1, 0.15) is 17.9 Å². The molecule has 0 bridgehead atoms. The van der Waals surface area contributed by atoms with Crippen molar-refractivity contribution in [3.05, 3.63) is 60.6 Å². The Morgan fingerprint density at radius 2 is 1.37 bits per heavy atom. The van der Waals surface area contributed by atoms with Gasteiger partial charge in [-0.1, -0.05) is 36.4 Å². The molecule has 2 aliphatic heterocycles. The summed E-state index contributed by atoms with van der Waals surface area (Å²) in [4.78, 5) is 74.1.